The van der Waals surface area contributed by atoms with E-state index in [4.69, 9.17) is 0 Å². The summed E-state index contributed by atoms with van der Waals surface area (Å²) in [5, 5.41) is 9.13. The Kier molecular flexibility index (Phi) is 3.68. The molecule has 0 bridgehead atoms. The molecular weight excluding hydrogens is 339 g/mol. The van der Waals surface area contributed by atoms with Crippen LogP contribution in [0.2, 0.25) is 0 Å². The molecule has 1 aromatic carbocycles. The third-order valence-electron chi connectivity index (χ3n) is 4.49. The van der Waals surface area contributed by atoms with Crippen molar-refractivity contribution in [1.82, 2.24) is 14.8 Å². The number of carbonyl (C=O) groups is 1. The van der Waals surface area contributed by atoms with E-state index in [2.05, 4.69) is 15.4 Å². The Balaban J connectivity index is 1.56. The zero-order valence-electron chi connectivity index (χ0n) is 13.9. The van der Waals surface area contributed by atoms with E-state index in [0.29, 0.717) is 24.2 Å². The highest BCUT2D eigenvalue weighted by molar-refractivity contribution is 7.14. The number of rotatable bonds is 4. The van der Waals surface area contributed by atoms with Crippen LogP contribution >= 0.6 is 11.3 Å². The molecule has 1 saturated carbocycles. The molecule has 1 N–H and O–H groups in total. The minimum atomic E-state index is -0.772. The van der Waals surface area contributed by atoms with Gasteiger partial charge < -0.3 is 5.32 Å². The summed E-state index contributed by atoms with van der Waals surface area (Å²) in [6.45, 7) is 3.87. The quantitative estimate of drug-likeness (QED) is 0.774. The van der Waals surface area contributed by atoms with Gasteiger partial charge in [0.05, 0.1) is 16.1 Å². The third-order valence-corrected chi connectivity index (χ3v) is 5.55. The van der Waals surface area contributed by atoms with E-state index in [1.54, 1.807) is 46.5 Å². The molecule has 0 aliphatic heterocycles. The average Bonchev–Trinajstić information content (AvgIpc) is 3.14. The van der Waals surface area contributed by atoms with Gasteiger partial charge in [0.15, 0.2) is 5.82 Å². The first-order chi connectivity index (χ1) is 12.0. The van der Waals surface area contributed by atoms with Crippen LogP contribution in [0.15, 0.2) is 36.5 Å². The number of anilines is 1. The van der Waals surface area contributed by atoms with Gasteiger partial charge in [-0.1, -0.05) is 29.5 Å². The smallest absolute Gasteiger partial charge is 0.236 e. The first-order valence-corrected chi connectivity index (χ1v) is 8.88. The fraction of sp³-hybridized carbons (Fsp3) is 0.278. The number of nitrogens with one attached hydrogen (secondary N) is 1. The molecule has 2 aromatic heterocycles. The van der Waals surface area contributed by atoms with Crippen LogP contribution < -0.4 is 5.32 Å². The van der Waals surface area contributed by atoms with Gasteiger partial charge in [-0.15, -0.1) is 5.10 Å². The lowest BCUT2D eigenvalue weighted by Crippen LogP contribution is -2.29. The van der Waals surface area contributed by atoms with E-state index in [9.17, 15) is 9.18 Å². The number of aryl methyl sites for hydroxylation is 2. The molecule has 1 amide bonds. The van der Waals surface area contributed by atoms with Crippen molar-refractivity contribution >= 4 is 23.1 Å². The summed E-state index contributed by atoms with van der Waals surface area (Å²) in [6, 6.07) is 8.21. The predicted molar refractivity (Wildman–Crippen MR) is 94.7 cm³/mol. The topological polar surface area (TPSA) is 59.8 Å². The number of carbonyl (C=O) groups excluding carboxylic acids is 1. The van der Waals surface area contributed by atoms with Crippen molar-refractivity contribution in [1.29, 1.82) is 0 Å². The van der Waals surface area contributed by atoms with Crippen molar-refractivity contribution in [3.8, 4) is 5.00 Å². The fourth-order valence-electron chi connectivity index (χ4n) is 3.07. The molecular formula is C18H17FN4OS. The van der Waals surface area contributed by atoms with Crippen LogP contribution in [0, 0.1) is 19.7 Å². The summed E-state index contributed by atoms with van der Waals surface area (Å²) < 4.78 is 15.8. The highest BCUT2D eigenvalue weighted by atomic mass is 32.1. The van der Waals surface area contributed by atoms with Crippen molar-refractivity contribution in [3.63, 3.8) is 0 Å². The van der Waals surface area contributed by atoms with E-state index in [1.807, 2.05) is 13.8 Å². The van der Waals surface area contributed by atoms with Gasteiger partial charge in [-0.3, -0.25) is 4.79 Å². The van der Waals surface area contributed by atoms with Crippen LogP contribution in [-0.2, 0) is 10.2 Å². The Hall–Kier alpha value is -2.54. The molecule has 0 unspecified atom stereocenters. The van der Waals surface area contributed by atoms with Gasteiger partial charge in [-0.2, -0.15) is 0 Å². The molecule has 0 spiro atoms. The molecule has 1 fully saturated rings. The SMILES string of the molecule is Cc1nc(C)c(-n2ccc(NC(=O)C3(c4ccccc4F)CC3)n2)s1. The first-order valence-electron chi connectivity index (χ1n) is 8.06. The van der Waals surface area contributed by atoms with Crippen LogP contribution in [0.25, 0.3) is 5.00 Å². The standard InChI is InChI=1S/C18H17FN4OS/c1-11-16(25-12(2)20-11)23-10-7-15(22-23)21-17(24)18(8-9-18)13-5-3-4-6-14(13)19/h3-7,10H,8-9H2,1-2H3,(H,21,22,24). The summed E-state index contributed by atoms with van der Waals surface area (Å²) in [7, 11) is 0. The fourth-order valence-corrected chi connectivity index (χ4v) is 3.92. The number of nitrogens with zero attached hydrogens (tertiary/aromatic N) is 3. The Morgan fingerprint density at radius 1 is 1.28 bits per heavy atom. The summed E-state index contributed by atoms with van der Waals surface area (Å²) in [6.07, 6.45) is 3.08. The maximum Gasteiger partial charge on any atom is 0.236 e. The van der Waals surface area contributed by atoms with Crippen LogP contribution in [-0.4, -0.2) is 20.7 Å². The number of halogens is 1. The van der Waals surface area contributed by atoms with Gasteiger partial charge in [0.25, 0.3) is 0 Å². The lowest BCUT2D eigenvalue weighted by atomic mass is 9.94. The summed E-state index contributed by atoms with van der Waals surface area (Å²) in [4.78, 5) is 17.1. The maximum atomic E-state index is 14.1. The van der Waals surface area contributed by atoms with Gasteiger partial charge in [0.2, 0.25) is 5.91 Å². The molecule has 2 heterocycles. The molecule has 0 atom stereocenters. The second-order valence-electron chi connectivity index (χ2n) is 6.29. The normalized spacial score (nSPS) is 15.2. The number of aromatic nitrogens is 3. The molecule has 0 radical (unpaired) electrons. The molecule has 1 aliphatic carbocycles. The summed E-state index contributed by atoms with van der Waals surface area (Å²) in [5.74, 6) is -0.0884. The summed E-state index contributed by atoms with van der Waals surface area (Å²) >= 11 is 1.54. The van der Waals surface area contributed by atoms with E-state index < -0.39 is 5.41 Å². The number of hydrogen-bond acceptors (Lipinski definition) is 4. The van der Waals surface area contributed by atoms with Crippen LogP contribution in [0.5, 0.6) is 0 Å². The molecule has 7 heteroatoms. The molecule has 25 heavy (non-hydrogen) atoms. The Morgan fingerprint density at radius 3 is 2.68 bits per heavy atom. The zero-order chi connectivity index (χ0) is 17.6. The molecule has 5 nitrogen and oxygen atoms in total. The lowest BCUT2D eigenvalue weighted by Gasteiger charge is -2.15. The monoisotopic (exact) mass is 356 g/mol. The predicted octanol–water partition coefficient (Wildman–Crippen LogP) is 3.76. The van der Waals surface area contributed by atoms with Crippen LogP contribution in [0.1, 0.15) is 29.1 Å². The Morgan fingerprint density at radius 2 is 2.04 bits per heavy atom. The van der Waals surface area contributed by atoms with Crippen LogP contribution in [0.4, 0.5) is 10.2 Å². The highest BCUT2D eigenvalue weighted by Crippen LogP contribution is 2.49. The van der Waals surface area contributed by atoms with E-state index in [1.165, 1.54) is 6.07 Å². The number of hydrogen-bond donors (Lipinski definition) is 1. The molecule has 1 aliphatic rings. The van der Waals surface area contributed by atoms with Crippen LogP contribution in [0.3, 0.4) is 0 Å². The average molecular weight is 356 g/mol. The van der Waals surface area contributed by atoms with Gasteiger partial charge >= 0.3 is 0 Å². The molecule has 0 saturated heterocycles. The minimum Gasteiger partial charge on any atom is -0.308 e. The van der Waals surface area contributed by atoms with Crippen molar-refractivity contribution < 1.29 is 9.18 Å². The molecule has 4 rings (SSSR count). The zero-order valence-corrected chi connectivity index (χ0v) is 14.7. The van der Waals surface area contributed by atoms with E-state index in [-0.39, 0.29) is 11.7 Å². The Labute approximate surface area is 148 Å². The maximum absolute atomic E-state index is 14.1. The van der Waals surface area contributed by atoms with Crippen molar-refractivity contribution in [2.75, 3.05) is 5.32 Å². The minimum absolute atomic E-state index is 0.208. The number of amides is 1. The third kappa shape index (κ3) is 2.74. The Bertz CT molecular complexity index is 958. The van der Waals surface area contributed by atoms with Gasteiger partial charge in [0, 0.05) is 17.8 Å². The number of benzene rings is 1. The first kappa shape index (κ1) is 16.0. The molecule has 3 aromatic rings. The van der Waals surface area contributed by atoms with Crippen molar-refractivity contribution in [2.45, 2.75) is 32.1 Å². The highest BCUT2D eigenvalue weighted by Gasteiger charge is 2.52. The largest absolute Gasteiger partial charge is 0.308 e. The second-order valence-corrected chi connectivity index (χ2v) is 7.47. The molecule has 128 valence electrons. The van der Waals surface area contributed by atoms with E-state index in [0.717, 1.165) is 15.7 Å². The summed E-state index contributed by atoms with van der Waals surface area (Å²) in [5.41, 5.74) is 0.584. The van der Waals surface area contributed by atoms with Gasteiger partial charge in [-0.05, 0) is 32.8 Å². The van der Waals surface area contributed by atoms with E-state index >= 15 is 0 Å². The second kappa shape index (κ2) is 5.77. The lowest BCUT2D eigenvalue weighted by molar-refractivity contribution is -0.118. The van der Waals surface area contributed by atoms with Crippen molar-refractivity contribution in [3.05, 3.63) is 58.6 Å². The van der Waals surface area contributed by atoms with Gasteiger partial charge in [0.1, 0.15) is 10.8 Å². The number of thiazole rings is 1. The van der Waals surface area contributed by atoms with Gasteiger partial charge in [-0.25, -0.2) is 14.1 Å². The van der Waals surface area contributed by atoms with Crippen molar-refractivity contribution in [2.24, 2.45) is 0 Å².